The van der Waals surface area contributed by atoms with Gasteiger partial charge in [0, 0.05) is 6.42 Å². The molecule has 1 amide bonds. The summed E-state index contributed by atoms with van der Waals surface area (Å²) < 4.78 is 13.5. The molecule has 0 aromatic heterocycles. The molecule has 18 heavy (non-hydrogen) atoms. The Bertz CT molecular complexity index is 468. The Morgan fingerprint density at radius 3 is 2.78 bits per heavy atom. The quantitative estimate of drug-likeness (QED) is 0.760. The molecule has 1 aromatic carbocycles. The van der Waals surface area contributed by atoms with Crippen molar-refractivity contribution in [3.05, 3.63) is 29.0 Å². The van der Waals surface area contributed by atoms with Crippen LogP contribution in [0.2, 0.25) is 5.02 Å². The SMILES string of the molecule is NC(CCC(=O)O)C(=O)Nc1cccc(Cl)c1F. The molecule has 0 aliphatic rings. The summed E-state index contributed by atoms with van der Waals surface area (Å²) in [5.74, 6) is -2.46. The van der Waals surface area contributed by atoms with E-state index in [0.29, 0.717) is 0 Å². The van der Waals surface area contributed by atoms with Crippen LogP contribution in [-0.4, -0.2) is 23.0 Å². The molecule has 0 aliphatic heterocycles. The van der Waals surface area contributed by atoms with E-state index in [4.69, 9.17) is 22.4 Å². The standard InChI is InChI=1S/C11H12ClFN2O3/c12-6-2-1-3-8(10(6)13)15-11(18)7(14)4-5-9(16)17/h1-3,7H,4-5,14H2,(H,15,18)(H,16,17). The molecule has 0 saturated heterocycles. The average molecular weight is 275 g/mol. The van der Waals surface area contributed by atoms with E-state index in [1.165, 1.54) is 18.2 Å². The van der Waals surface area contributed by atoms with Crippen LogP contribution in [0.15, 0.2) is 18.2 Å². The molecule has 0 fully saturated rings. The van der Waals surface area contributed by atoms with Crippen molar-refractivity contribution in [2.45, 2.75) is 18.9 Å². The van der Waals surface area contributed by atoms with Gasteiger partial charge in [-0.15, -0.1) is 0 Å². The first-order valence-corrected chi connectivity index (χ1v) is 5.52. The van der Waals surface area contributed by atoms with Crippen LogP contribution in [0.3, 0.4) is 0 Å². The fourth-order valence-corrected chi connectivity index (χ4v) is 1.41. The predicted molar refractivity (Wildman–Crippen MR) is 64.9 cm³/mol. The van der Waals surface area contributed by atoms with E-state index in [9.17, 15) is 14.0 Å². The van der Waals surface area contributed by atoms with Gasteiger partial charge in [0.1, 0.15) is 0 Å². The number of hydrogen-bond acceptors (Lipinski definition) is 3. The number of carbonyl (C=O) groups excluding carboxylic acids is 1. The molecule has 0 spiro atoms. The number of carbonyl (C=O) groups is 2. The first kappa shape index (κ1) is 14.4. The second kappa shape index (κ2) is 6.32. The van der Waals surface area contributed by atoms with Gasteiger partial charge in [0.05, 0.1) is 16.8 Å². The normalized spacial score (nSPS) is 11.9. The van der Waals surface area contributed by atoms with E-state index in [2.05, 4.69) is 5.32 Å². The molecule has 1 rings (SSSR count). The third kappa shape index (κ3) is 3.97. The summed E-state index contributed by atoms with van der Waals surface area (Å²) >= 11 is 5.54. The number of benzene rings is 1. The molecule has 5 nitrogen and oxygen atoms in total. The maximum Gasteiger partial charge on any atom is 0.303 e. The van der Waals surface area contributed by atoms with Gasteiger partial charge < -0.3 is 16.2 Å². The average Bonchev–Trinajstić information content (AvgIpc) is 2.31. The largest absolute Gasteiger partial charge is 0.481 e. The number of nitrogens with two attached hydrogens (primary N) is 1. The van der Waals surface area contributed by atoms with Gasteiger partial charge in [-0.2, -0.15) is 0 Å². The summed E-state index contributed by atoms with van der Waals surface area (Å²) in [5, 5.41) is 10.6. The van der Waals surface area contributed by atoms with Crippen molar-refractivity contribution in [2.24, 2.45) is 5.73 Å². The van der Waals surface area contributed by atoms with Gasteiger partial charge in [-0.1, -0.05) is 17.7 Å². The number of carboxylic acids is 1. The lowest BCUT2D eigenvalue weighted by atomic mass is 10.1. The van der Waals surface area contributed by atoms with Crippen LogP contribution in [0.5, 0.6) is 0 Å². The van der Waals surface area contributed by atoms with Gasteiger partial charge in [-0.3, -0.25) is 9.59 Å². The van der Waals surface area contributed by atoms with Gasteiger partial charge in [0.15, 0.2) is 5.82 Å². The van der Waals surface area contributed by atoms with Gasteiger partial charge in [0.2, 0.25) is 5.91 Å². The van der Waals surface area contributed by atoms with Crippen LogP contribution >= 0.6 is 11.6 Å². The van der Waals surface area contributed by atoms with Gasteiger partial charge in [0.25, 0.3) is 0 Å². The number of halogens is 2. The zero-order valence-corrected chi connectivity index (χ0v) is 10.1. The Morgan fingerprint density at radius 1 is 1.50 bits per heavy atom. The van der Waals surface area contributed by atoms with E-state index in [1.807, 2.05) is 0 Å². The number of anilines is 1. The second-order valence-corrected chi connectivity index (χ2v) is 4.04. The van der Waals surface area contributed by atoms with Crippen LogP contribution in [0, 0.1) is 5.82 Å². The second-order valence-electron chi connectivity index (χ2n) is 3.63. The van der Waals surface area contributed by atoms with Crippen LogP contribution in [0.25, 0.3) is 0 Å². The first-order valence-electron chi connectivity index (χ1n) is 5.14. The summed E-state index contributed by atoms with van der Waals surface area (Å²) in [6.07, 6.45) is -0.254. The topological polar surface area (TPSA) is 92.4 Å². The minimum absolute atomic E-state index is 0.0245. The minimum Gasteiger partial charge on any atom is -0.481 e. The Labute approximate surface area is 108 Å². The summed E-state index contributed by atoms with van der Waals surface area (Å²) in [4.78, 5) is 21.9. The van der Waals surface area contributed by atoms with Crippen molar-refractivity contribution in [3.63, 3.8) is 0 Å². The lowest BCUT2D eigenvalue weighted by molar-refractivity contribution is -0.137. The highest BCUT2D eigenvalue weighted by atomic mass is 35.5. The lowest BCUT2D eigenvalue weighted by Crippen LogP contribution is -2.36. The van der Waals surface area contributed by atoms with Crippen molar-refractivity contribution < 1.29 is 19.1 Å². The Balaban J connectivity index is 2.64. The zero-order chi connectivity index (χ0) is 13.7. The monoisotopic (exact) mass is 274 g/mol. The first-order chi connectivity index (χ1) is 8.41. The van der Waals surface area contributed by atoms with Crippen molar-refractivity contribution in [1.29, 1.82) is 0 Å². The maximum atomic E-state index is 13.5. The van der Waals surface area contributed by atoms with E-state index >= 15 is 0 Å². The number of hydrogen-bond donors (Lipinski definition) is 3. The van der Waals surface area contributed by atoms with Crippen molar-refractivity contribution in [1.82, 2.24) is 0 Å². The summed E-state index contributed by atoms with van der Waals surface area (Å²) in [6.45, 7) is 0. The summed E-state index contributed by atoms with van der Waals surface area (Å²) in [5.41, 5.74) is 5.39. The number of aliphatic carboxylic acids is 1. The van der Waals surface area contributed by atoms with E-state index in [-0.39, 0.29) is 23.6 Å². The molecule has 4 N–H and O–H groups in total. The van der Waals surface area contributed by atoms with Gasteiger partial charge in [-0.25, -0.2) is 4.39 Å². The molecular formula is C11H12ClFN2O3. The molecule has 1 unspecified atom stereocenters. The summed E-state index contributed by atoms with van der Waals surface area (Å²) in [6, 6.07) is 3.14. The van der Waals surface area contributed by atoms with E-state index in [0.717, 1.165) is 0 Å². The van der Waals surface area contributed by atoms with E-state index < -0.39 is 23.7 Å². The molecule has 0 bridgehead atoms. The predicted octanol–water partition coefficient (Wildman–Crippen LogP) is 1.61. The lowest BCUT2D eigenvalue weighted by Gasteiger charge is -2.12. The zero-order valence-electron chi connectivity index (χ0n) is 9.32. The molecule has 1 atom stereocenters. The minimum atomic E-state index is -1.05. The third-order valence-corrected chi connectivity index (χ3v) is 2.51. The number of rotatable bonds is 5. The van der Waals surface area contributed by atoms with Crippen LogP contribution < -0.4 is 11.1 Å². The summed E-state index contributed by atoms with van der Waals surface area (Å²) in [7, 11) is 0. The molecule has 1 aromatic rings. The van der Waals surface area contributed by atoms with Gasteiger partial charge >= 0.3 is 5.97 Å². The highest BCUT2D eigenvalue weighted by Crippen LogP contribution is 2.22. The Morgan fingerprint density at radius 2 is 2.17 bits per heavy atom. The van der Waals surface area contributed by atoms with Crippen molar-refractivity contribution in [2.75, 3.05) is 5.32 Å². The Kier molecular flexibility index (Phi) is 5.06. The van der Waals surface area contributed by atoms with Crippen molar-refractivity contribution in [3.8, 4) is 0 Å². The molecule has 0 saturated carbocycles. The maximum absolute atomic E-state index is 13.5. The fourth-order valence-electron chi connectivity index (χ4n) is 1.24. The highest BCUT2D eigenvalue weighted by molar-refractivity contribution is 6.31. The van der Waals surface area contributed by atoms with Crippen LogP contribution in [0.1, 0.15) is 12.8 Å². The molecule has 0 aliphatic carbocycles. The molecule has 98 valence electrons. The Hall–Kier alpha value is -1.66. The number of amides is 1. The van der Waals surface area contributed by atoms with Crippen LogP contribution in [-0.2, 0) is 9.59 Å². The molecule has 0 radical (unpaired) electrons. The third-order valence-electron chi connectivity index (χ3n) is 2.22. The molecule has 0 heterocycles. The van der Waals surface area contributed by atoms with Crippen LogP contribution in [0.4, 0.5) is 10.1 Å². The smallest absolute Gasteiger partial charge is 0.303 e. The van der Waals surface area contributed by atoms with E-state index in [1.54, 1.807) is 0 Å². The number of nitrogens with one attached hydrogen (secondary N) is 1. The van der Waals surface area contributed by atoms with Crippen molar-refractivity contribution >= 4 is 29.2 Å². The van der Waals surface area contributed by atoms with Gasteiger partial charge in [-0.05, 0) is 18.6 Å². The fraction of sp³-hybridized carbons (Fsp3) is 0.273. The molecule has 7 heteroatoms. The molecular weight excluding hydrogens is 263 g/mol. The highest BCUT2D eigenvalue weighted by Gasteiger charge is 2.17. The number of carboxylic acid groups (broad SMARTS) is 1.